The fourth-order valence-electron chi connectivity index (χ4n) is 1.85. The van der Waals surface area contributed by atoms with Crippen LogP contribution in [0.15, 0.2) is 12.7 Å². The zero-order chi connectivity index (χ0) is 11.4. The second kappa shape index (κ2) is 11.8. The van der Waals surface area contributed by atoms with Crippen LogP contribution in [-0.2, 0) is 0 Å². The van der Waals surface area contributed by atoms with Crippen LogP contribution < -0.4 is 5.73 Å². The van der Waals surface area contributed by atoms with Gasteiger partial charge in [0.15, 0.2) is 0 Å². The molecule has 0 spiro atoms. The molecule has 90 valence electrons. The van der Waals surface area contributed by atoms with Crippen LogP contribution in [0, 0.1) is 0 Å². The van der Waals surface area contributed by atoms with Crippen molar-refractivity contribution in [3.05, 3.63) is 12.7 Å². The quantitative estimate of drug-likeness (QED) is 0.397. The number of unbranched alkanes of at least 4 members (excludes halogenated alkanes) is 6. The minimum Gasteiger partial charge on any atom is -0.328 e. The van der Waals surface area contributed by atoms with E-state index in [1.165, 1.54) is 57.8 Å². The lowest BCUT2D eigenvalue weighted by molar-refractivity contribution is 0.495. The van der Waals surface area contributed by atoms with Gasteiger partial charge in [-0.15, -0.1) is 6.58 Å². The van der Waals surface area contributed by atoms with Gasteiger partial charge in [-0.25, -0.2) is 0 Å². The third-order valence-corrected chi connectivity index (χ3v) is 2.91. The molecule has 1 unspecified atom stereocenters. The van der Waals surface area contributed by atoms with E-state index in [2.05, 4.69) is 13.5 Å². The highest BCUT2D eigenvalue weighted by atomic mass is 14.6. The summed E-state index contributed by atoms with van der Waals surface area (Å²) >= 11 is 0. The van der Waals surface area contributed by atoms with Crippen molar-refractivity contribution in [1.82, 2.24) is 0 Å². The summed E-state index contributed by atoms with van der Waals surface area (Å²) in [5.74, 6) is 0. The maximum Gasteiger partial charge on any atom is 0.00388 e. The molecule has 0 radical (unpaired) electrons. The van der Waals surface area contributed by atoms with Crippen molar-refractivity contribution in [3.8, 4) is 0 Å². The lowest BCUT2D eigenvalue weighted by atomic mass is 10.0. The van der Waals surface area contributed by atoms with Gasteiger partial charge < -0.3 is 5.73 Å². The van der Waals surface area contributed by atoms with E-state index in [4.69, 9.17) is 5.73 Å². The molecular weight excluding hydrogens is 182 g/mol. The maximum atomic E-state index is 6.05. The average molecular weight is 211 g/mol. The highest BCUT2D eigenvalue weighted by Crippen LogP contribution is 2.10. The predicted molar refractivity (Wildman–Crippen MR) is 70.0 cm³/mol. The smallest absolute Gasteiger partial charge is 0.00388 e. The summed E-state index contributed by atoms with van der Waals surface area (Å²) in [6.07, 6.45) is 14.9. The van der Waals surface area contributed by atoms with E-state index >= 15 is 0 Å². The van der Waals surface area contributed by atoms with Crippen LogP contribution in [0.1, 0.15) is 71.1 Å². The van der Waals surface area contributed by atoms with E-state index in [0.717, 1.165) is 6.42 Å². The van der Waals surface area contributed by atoms with Gasteiger partial charge in [-0.05, 0) is 25.7 Å². The maximum absolute atomic E-state index is 6.05. The Labute approximate surface area is 96.1 Å². The molecule has 0 aliphatic rings. The average Bonchev–Trinajstić information content (AvgIpc) is 2.24. The molecule has 0 saturated heterocycles. The number of hydrogen-bond acceptors (Lipinski definition) is 1. The van der Waals surface area contributed by atoms with Crippen LogP contribution in [0.5, 0.6) is 0 Å². The second-order valence-electron chi connectivity index (χ2n) is 4.54. The van der Waals surface area contributed by atoms with Gasteiger partial charge in [0, 0.05) is 6.04 Å². The van der Waals surface area contributed by atoms with Crippen molar-refractivity contribution in [3.63, 3.8) is 0 Å². The van der Waals surface area contributed by atoms with Crippen LogP contribution in [0.3, 0.4) is 0 Å². The van der Waals surface area contributed by atoms with Crippen molar-refractivity contribution in [2.24, 2.45) is 5.73 Å². The zero-order valence-corrected chi connectivity index (χ0v) is 10.5. The van der Waals surface area contributed by atoms with Crippen molar-refractivity contribution in [2.75, 3.05) is 0 Å². The van der Waals surface area contributed by atoms with E-state index in [-0.39, 0.29) is 0 Å². The summed E-state index contributed by atoms with van der Waals surface area (Å²) < 4.78 is 0. The first-order chi connectivity index (χ1) is 7.31. The first-order valence-electron chi connectivity index (χ1n) is 6.67. The van der Waals surface area contributed by atoms with Gasteiger partial charge in [0.25, 0.3) is 0 Å². The Bertz CT molecular complexity index is 131. The molecule has 0 aliphatic carbocycles. The normalized spacial score (nSPS) is 12.7. The zero-order valence-electron chi connectivity index (χ0n) is 10.5. The van der Waals surface area contributed by atoms with Crippen LogP contribution in [0.4, 0.5) is 0 Å². The molecule has 0 aromatic carbocycles. The summed E-state index contributed by atoms with van der Waals surface area (Å²) in [6.45, 7) is 5.98. The monoisotopic (exact) mass is 211 g/mol. The molecule has 0 fully saturated rings. The largest absolute Gasteiger partial charge is 0.328 e. The highest BCUT2D eigenvalue weighted by molar-refractivity contribution is 4.66. The summed E-state index contributed by atoms with van der Waals surface area (Å²) in [7, 11) is 0. The Kier molecular flexibility index (Phi) is 11.5. The molecule has 1 atom stereocenters. The SMILES string of the molecule is C=CCCCCCC(N)CCCCCC. The van der Waals surface area contributed by atoms with Gasteiger partial charge >= 0.3 is 0 Å². The first-order valence-corrected chi connectivity index (χ1v) is 6.67. The Hall–Kier alpha value is -0.300. The molecule has 15 heavy (non-hydrogen) atoms. The van der Waals surface area contributed by atoms with Gasteiger partial charge in [0.2, 0.25) is 0 Å². The summed E-state index contributed by atoms with van der Waals surface area (Å²) in [5, 5.41) is 0. The van der Waals surface area contributed by atoms with Crippen LogP contribution in [0.2, 0.25) is 0 Å². The molecule has 0 bridgehead atoms. The standard InChI is InChI=1S/C14H29N/c1-3-5-7-9-11-13-14(15)12-10-8-6-4-2/h3,14H,1,4-13,15H2,2H3. The van der Waals surface area contributed by atoms with Gasteiger partial charge in [0.05, 0.1) is 0 Å². The molecule has 0 amide bonds. The number of allylic oxidation sites excluding steroid dienone is 1. The molecule has 0 aromatic rings. The van der Waals surface area contributed by atoms with E-state index in [0.29, 0.717) is 6.04 Å². The molecule has 0 aromatic heterocycles. The summed E-state index contributed by atoms with van der Waals surface area (Å²) in [6, 6.07) is 0.450. The van der Waals surface area contributed by atoms with Gasteiger partial charge in [-0.1, -0.05) is 51.5 Å². The fraction of sp³-hybridized carbons (Fsp3) is 0.857. The molecule has 2 N–H and O–H groups in total. The number of nitrogens with two attached hydrogens (primary N) is 1. The fourth-order valence-corrected chi connectivity index (χ4v) is 1.85. The minimum absolute atomic E-state index is 0.450. The summed E-state index contributed by atoms with van der Waals surface area (Å²) in [4.78, 5) is 0. The Morgan fingerprint density at radius 3 is 2.13 bits per heavy atom. The predicted octanol–water partition coefficient (Wildman–Crippen LogP) is 4.42. The summed E-state index contributed by atoms with van der Waals surface area (Å²) in [5.41, 5.74) is 6.05. The lowest BCUT2D eigenvalue weighted by Gasteiger charge is -2.10. The Morgan fingerprint density at radius 1 is 1.00 bits per heavy atom. The van der Waals surface area contributed by atoms with Crippen LogP contribution in [-0.4, -0.2) is 6.04 Å². The van der Waals surface area contributed by atoms with Crippen LogP contribution >= 0.6 is 0 Å². The van der Waals surface area contributed by atoms with E-state index in [1.54, 1.807) is 0 Å². The van der Waals surface area contributed by atoms with Crippen LogP contribution in [0.25, 0.3) is 0 Å². The Balaban J connectivity index is 3.11. The van der Waals surface area contributed by atoms with Crippen molar-refractivity contribution in [2.45, 2.75) is 77.2 Å². The number of hydrogen-bond donors (Lipinski definition) is 1. The van der Waals surface area contributed by atoms with E-state index in [9.17, 15) is 0 Å². The third-order valence-electron chi connectivity index (χ3n) is 2.91. The van der Waals surface area contributed by atoms with Gasteiger partial charge in [0.1, 0.15) is 0 Å². The molecule has 0 heterocycles. The lowest BCUT2D eigenvalue weighted by Crippen LogP contribution is -2.19. The topological polar surface area (TPSA) is 26.0 Å². The van der Waals surface area contributed by atoms with E-state index in [1.807, 2.05) is 6.08 Å². The van der Waals surface area contributed by atoms with Gasteiger partial charge in [-0.2, -0.15) is 0 Å². The molecule has 0 saturated carbocycles. The third kappa shape index (κ3) is 11.6. The highest BCUT2D eigenvalue weighted by Gasteiger charge is 2.01. The van der Waals surface area contributed by atoms with E-state index < -0.39 is 0 Å². The Morgan fingerprint density at radius 2 is 1.60 bits per heavy atom. The second-order valence-corrected chi connectivity index (χ2v) is 4.54. The molecule has 1 nitrogen and oxygen atoms in total. The number of rotatable bonds is 11. The van der Waals surface area contributed by atoms with Crippen molar-refractivity contribution in [1.29, 1.82) is 0 Å². The first kappa shape index (κ1) is 14.7. The molecule has 1 heteroatoms. The molecule has 0 rings (SSSR count). The van der Waals surface area contributed by atoms with Crippen molar-refractivity contribution >= 4 is 0 Å². The molecular formula is C14H29N. The van der Waals surface area contributed by atoms with Crippen molar-refractivity contribution < 1.29 is 0 Å². The molecule has 0 aliphatic heterocycles. The minimum atomic E-state index is 0.450. The van der Waals surface area contributed by atoms with Gasteiger partial charge in [-0.3, -0.25) is 0 Å².